The first-order valence-electron chi connectivity index (χ1n) is 8.26. The Balaban J connectivity index is 1.81. The molecule has 0 radical (unpaired) electrons. The van der Waals surface area contributed by atoms with E-state index in [2.05, 4.69) is 24.3 Å². The van der Waals surface area contributed by atoms with Crippen LogP contribution >= 0.6 is 0 Å². The maximum atomic E-state index is 12.2. The molecular formula is C21H20O2. The van der Waals surface area contributed by atoms with Crippen LogP contribution in [0.2, 0.25) is 0 Å². The van der Waals surface area contributed by atoms with Gasteiger partial charge >= 0.3 is 0 Å². The van der Waals surface area contributed by atoms with Gasteiger partial charge in [0, 0.05) is 17.6 Å². The van der Waals surface area contributed by atoms with E-state index in [0.29, 0.717) is 6.42 Å². The van der Waals surface area contributed by atoms with Crippen LogP contribution in [-0.4, -0.2) is 5.78 Å². The van der Waals surface area contributed by atoms with Crippen LogP contribution in [-0.2, 0) is 21.6 Å². The molecule has 0 fully saturated rings. The molecule has 1 aliphatic carbocycles. The molecule has 0 saturated heterocycles. The smallest absolute Gasteiger partial charge is 0.159 e. The minimum atomic E-state index is -0.360. The normalized spacial score (nSPS) is 22.8. The minimum Gasteiger partial charge on any atom is -0.481 e. The molecule has 2 heteroatoms. The summed E-state index contributed by atoms with van der Waals surface area (Å²) in [4.78, 5) is 12.2. The Morgan fingerprint density at radius 3 is 2.57 bits per heavy atom. The molecule has 1 heterocycles. The number of carbonyl (C=O) groups excluding carboxylic acids is 1. The highest BCUT2D eigenvalue weighted by atomic mass is 16.5. The van der Waals surface area contributed by atoms with E-state index < -0.39 is 0 Å². The second-order valence-electron chi connectivity index (χ2n) is 6.51. The van der Waals surface area contributed by atoms with E-state index in [9.17, 15) is 4.79 Å². The Morgan fingerprint density at radius 2 is 1.78 bits per heavy atom. The van der Waals surface area contributed by atoms with Crippen molar-refractivity contribution in [2.24, 2.45) is 0 Å². The number of aryl methyl sites for hydroxylation is 1. The number of rotatable bonds is 2. The second-order valence-corrected chi connectivity index (χ2v) is 6.51. The molecule has 23 heavy (non-hydrogen) atoms. The van der Waals surface area contributed by atoms with Gasteiger partial charge in [-0.05, 0) is 37.3 Å². The lowest BCUT2D eigenvalue weighted by Gasteiger charge is -2.36. The Kier molecular flexibility index (Phi) is 3.33. The highest BCUT2D eigenvalue weighted by molar-refractivity contribution is 6.01. The molecule has 2 nitrogen and oxygen atoms in total. The van der Waals surface area contributed by atoms with Crippen LogP contribution in [0, 0.1) is 0 Å². The first-order valence-corrected chi connectivity index (χ1v) is 8.26. The molecule has 2 aromatic rings. The van der Waals surface area contributed by atoms with Crippen molar-refractivity contribution in [1.29, 1.82) is 0 Å². The third-order valence-corrected chi connectivity index (χ3v) is 5.03. The van der Waals surface area contributed by atoms with E-state index in [-0.39, 0.29) is 11.4 Å². The van der Waals surface area contributed by atoms with Gasteiger partial charge in [-0.1, -0.05) is 54.6 Å². The molecule has 4 rings (SSSR count). The standard InChI is InChI=1S/C21H20O2/c1-15(22)18-14-21(23-20(18)17-9-3-2-4-10-17)13-7-11-16-8-5-6-12-19(16)21/h2-6,8-10,12H,7,11,13-14H2,1H3. The van der Waals surface area contributed by atoms with E-state index in [1.54, 1.807) is 6.92 Å². The summed E-state index contributed by atoms with van der Waals surface area (Å²) in [5, 5.41) is 0. The van der Waals surface area contributed by atoms with E-state index in [4.69, 9.17) is 4.74 Å². The van der Waals surface area contributed by atoms with Gasteiger partial charge in [-0.25, -0.2) is 0 Å². The van der Waals surface area contributed by atoms with E-state index in [0.717, 1.165) is 36.2 Å². The summed E-state index contributed by atoms with van der Waals surface area (Å²) in [6, 6.07) is 18.5. The topological polar surface area (TPSA) is 26.3 Å². The molecule has 1 unspecified atom stereocenters. The second kappa shape index (κ2) is 5.38. The fourth-order valence-corrected chi connectivity index (χ4v) is 3.94. The fourth-order valence-electron chi connectivity index (χ4n) is 3.94. The quantitative estimate of drug-likeness (QED) is 0.808. The van der Waals surface area contributed by atoms with Crippen LogP contribution < -0.4 is 0 Å². The van der Waals surface area contributed by atoms with Gasteiger partial charge in [0.05, 0.1) is 0 Å². The van der Waals surface area contributed by atoms with Gasteiger partial charge in [0.25, 0.3) is 0 Å². The fraction of sp³-hybridized carbons (Fsp3) is 0.286. The van der Waals surface area contributed by atoms with Crippen LogP contribution in [0.25, 0.3) is 5.76 Å². The van der Waals surface area contributed by atoms with Gasteiger partial charge in [-0.3, -0.25) is 4.79 Å². The largest absolute Gasteiger partial charge is 0.481 e. The number of hydrogen-bond donors (Lipinski definition) is 0. The molecule has 1 spiro atoms. The van der Waals surface area contributed by atoms with Gasteiger partial charge in [0.2, 0.25) is 0 Å². The third kappa shape index (κ3) is 2.29. The third-order valence-electron chi connectivity index (χ3n) is 5.03. The lowest BCUT2D eigenvalue weighted by atomic mass is 9.76. The van der Waals surface area contributed by atoms with Gasteiger partial charge in [0.1, 0.15) is 11.4 Å². The van der Waals surface area contributed by atoms with Crippen molar-refractivity contribution < 1.29 is 9.53 Å². The Bertz CT molecular complexity index is 788. The predicted molar refractivity (Wildman–Crippen MR) is 90.8 cm³/mol. The molecule has 2 aliphatic rings. The summed E-state index contributed by atoms with van der Waals surface area (Å²) in [5.41, 5.74) is 4.08. The number of benzene rings is 2. The summed E-state index contributed by atoms with van der Waals surface area (Å²) in [6.07, 6.45) is 3.85. The van der Waals surface area contributed by atoms with Crippen LogP contribution in [0.4, 0.5) is 0 Å². The van der Waals surface area contributed by atoms with Gasteiger partial charge in [-0.15, -0.1) is 0 Å². The van der Waals surface area contributed by atoms with E-state index in [1.165, 1.54) is 11.1 Å². The van der Waals surface area contributed by atoms with Crippen molar-refractivity contribution in [3.63, 3.8) is 0 Å². The van der Waals surface area contributed by atoms with Crippen molar-refractivity contribution in [3.8, 4) is 0 Å². The number of Topliss-reactive ketones (excluding diaryl/α,β-unsaturated/α-hetero) is 1. The van der Waals surface area contributed by atoms with Crippen LogP contribution in [0.1, 0.15) is 42.9 Å². The molecule has 0 amide bonds. The average Bonchev–Trinajstić information content (AvgIpc) is 2.97. The summed E-state index contributed by atoms with van der Waals surface area (Å²) < 4.78 is 6.54. The number of carbonyl (C=O) groups is 1. The Labute approximate surface area is 136 Å². The molecule has 0 aromatic heterocycles. The SMILES string of the molecule is CC(=O)C1=C(c2ccccc2)OC2(CCCc3ccccc32)C1. The molecule has 0 N–H and O–H groups in total. The average molecular weight is 304 g/mol. The van der Waals surface area contributed by atoms with Crippen molar-refractivity contribution >= 4 is 11.5 Å². The van der Waals surface area contributed by atoms with Gasteiger partial charge < -0.3 is 4.74 Å². The van der Waals surface area contributed by atoms with Crippen LogP contribution in [0.3, 0.4) is 0 Å². The zero-order chi connectivity index (χ0) is 15.9. The number of hydrogen-bond acceptors (Lipinski definition) is 2. The lowest BCUT2D eigenvalue weighted by molar-refractivity contribution is -0.113. The monoisotopic (exact) mass is 304 g/mol. The van der Waals surface area contributed by atoms with E-state index >= 15 is 0 Å². The molecule has 0 saturated carbocycles. The lowest BCUT2D eigenvalue weighted by Crippen LogP contribution is -2.30. The Hall–Kier alpha value is -2.35. The molecule has 1 aliphatic heterocycles. The molecule has 116 valence electrons. The van der Waals surface area contributed by atoms with Gasteiger partial charge in [-0.2, -0.15) is 0 Å². The highest BCUT2D eigenvalue weighted by Crippen LogP contribution is 2.51. The van der Waals surface area contributed by atoms with Crippen molar-refractivity contribution in [3.05, 3.63) is 76.9 Å². The minimum absolute atomic E-state index is 0.115. The zero-order valence-corrected chi connectivity index (χ0v) is 13.3. The maximum absolute atomic E-state index is 12.2. The summed E-state index contributed by atoms with van der Waals surface area (Å²) in [6.45, 7) is 1.65. The number of ketones is 1. The number of ether oxygens (including phenoxy) is 1. The molecule has 0 bridgehead atoms. The molecular weight excluding hydrogens is 284 g/mol. The zero-order valence-electron chi connectivity index (χ0n) is 13.3. The summed E-state index contributed by atoms with van der Waals surface area (Å²) in [7, 11) is 0. The first kappa shape index (κ1) is 14.3. The first-order chi connectivity index (χ1) is 11.2. The Morgan fingerprint density at radius 1 is 1.04 bits per heavy atom. The summed E-state index contributed by atoms with van der Waals surface area (Å²) in [5.74, 6) is 0.888. The highest BCUT2D eigenvalue weighted by Gasteiger charge is 2.46. The molecule has 2 aromatic carbocycles. The van der Waals surface area contributed by atoms with Gasteiger partial charge in [0.15, 0.2) is 5.78 Å². The van der Waals surface area contributed by atoms with Crippen molar-refractivity contribution in [2.45, 2.75) is 38.2 Å². The molecule has 1 atom stereocenters. The summed E-state index contributed by atoms with van der Waals surface area (Å²) >= 11 is 0. The predicted octanol–water partition coefficient (Wildman–Crippen LogP) is 4.64. The number of fused-ring (bicyclic) bond motifs is 2. The van der Waals surface area contributed by atoms with Crippen LogP contribution in [0.15, 0.2) is 60.2 Å². The maximum Gasteiger partial charge on any atom is 0.159 e. The van der Waals surface area contributed by atoms with E-state index in [1.807, 2.05) is 30.3 Å². The van der Waals surface area contributed by atoms with Crippen molar-refractivity contribution in [1.82, 2.24) is 0 Å². The van der Waals surface area contributed by atoms with Crippen LogP contribution in [0.5, 0.6) is 0 Å². The van der Waals surface area contributed by atoms with Crippen molar-refractivity contribution in [2.75, 3.05) is 0 Å².